The zero-order valence-corrected chi connectivity index (χ0v) is 26.2. The molecule has 4 rings (SSSR count). The number of halogens is 4. The van der Waals surface area contributed by atoms with Gasteiger partial charge < -0.3 is 19.6 Å². The molecule has 0 fully saturated rings. The van der Waals surface area contributed by atoms with E-state index in [1.54, 1.807) is 54.6 Å². The number of benzene rings is 4. The van der Waals surface area contributed by atoms with Gasteiger partial charge in [-0.1, -0.05) is 91.0 Å². The number of hydrogen-bond donors (Lipinski definition) is 4. The molecule has 0 atom stereocenters. The first kappa shape index (κ1) is 34.8. The van der Waals surface area contributed by atoms with Crippen LogP contribution in [0.15, 0.2) is 108 Å². The molecule has 0 spiro atoms. The summed E-state index contributed by atoms with van der Waals surface area (Å²) in [6, 6.07) is 23.8. The molecule has 4 aromatic rings. The molecule has 0 unspecified atom stereocenters. The van der Waals surface area contributed by atoms with Gasteiger partial charge in [-0.25, -0.2) is 0 Å². The molecule has 0 heterocycles. The molecule has 45 heavy (non-hydrogen) atoms. The van der Waals surface area contributed by atoms with E-state index in [-0.39, 0.29) is 18.6 Å². The number of carbonyl (C=O) groups excluding carboxylic acids is 1. The molecule has 4 aromatic carbocycles. The van der Waals surface area contributed by atoms with E-state index in [0.29, 0.717) is 22.3 Å². The SMILES string of the molecule is CSc1ccc(C(Cc2ccc(C(F)(F)P(=O)(O)O)cc2)(Cc2ccc(C(F)(F)P(=O)(O)O)cc2)C(=O)c2ccccc2)cc1. The van der Waals surface area contributed by atoms with Crippen molar-refractivity contribution in [3.8, 4) is 0 Å². The average molecular weight is 683 g/mol. The van der Waals surface area contributed by atoms with Gasteiger partial charge in [0.05, 0.1) is 5.41 Å². The maximum absolute atomic E-state index is 14.5. The monoisotopic (exact) mass is 682 g/mol. The van der Waals surface area contributed by atoms with E-state index in [9.17, 15) is 31.5 Å². The minimum Gasteiger partial charge on any atom is -0.320 e. The Bertz CT molecular complexity index is 1660. The average Bonchev–Trinajstić information content (AvgIpc) is 3.00. The number of ketones is 1. The highest BCUT2D eigenvalue weighted by atomic mass is 32.2. The molecule has 4 N–H and O–H groups in total. The van der Waals surface area contributed by atoms with Crippen molar-refractivity contribution in [2.45, 2.75) is 34.5 Å². The minimum absolute atomic E-state index is 0.0957. The maximum Gasteiger partial charge on any atom is 0.399 e. The summed E-state index contributed by atoms with van der Waals surface area (Å²) in [5.74, 6) is -0.380. The van der Waals surface area contributed by atoms with Crippen LogP contribution in [0.2, 0.25) is 0 Å². The third-order valence-electron chi connectivity index (χ3n) is 7.46. The molecular weight excluding hydrogens is 654 g/mol. The molecule has 0 aliphatic rings. The smallest absolute Gasteiger partial charge is 0.320 e. The predicted octanol–water partition coefficient (Wildman–Crippen LogP) is 7.47. The predicted molar refractivity (Wildman–Crippen MR) is 163 cm³/mol. The molecule has 14 heteroatoms. The van der Waals surface area contributed by atoms with Crippen molar-refractivity contribution < 1.29 is 51.1 Å². The lowest BCUT2D eigenvalue weighted by molar-refractivity contribution is 0.0564. The molecule has 0 radical (unpaired) electrons. The Balaban J connectivity index is 1.88. The number of thioether (sulfide) groups is 1. The topological polar surface area (TPSA) is 132 Å². The van der Waals surface area contributed by atoms with Crippen LogP contribution in [0.5, 0.6) is 0 Å². The van der Waals surface area contributed by atoms with E-state index in [1.165, 1.54) is 36.0 Å². The van der Waals surface area contributed by atoms with Crippen LogP contribution in [0.1, 0.15) is 38.2 Å². The molecule has 0 bridgehead atoms. The minimum atomic E-state index is -5.82. The largest absolute Gasteiger partial charge is 0.399 e. The normalized spacial score (nSPS) is 13.1. The Hall–Kier alpha value is -3.08. The van der Waals surface area contributed by atoms with Crippen molar-refractivity contribution in [1.82, 2.24) is 0 Å². The molecule has 0 saturated carbocycles. The first-order valence-electron chi connectivity index (χ1n) is 13.2. The summed E-state index contributed by atoms with van der Waals surface area (Å²) >= 11 is 1.46. The summed E-state index contributed by atoms with van der Waals surface area (Å²) in [6.07, 6.45) is 1.67. The highest BCUT2D eigenvalue weighted by Crippen LogP contribution is 2.60. The summed E-state index contributed by atoms with van der Waals surface area (Å²) in [5, 5.41) is 0. The molecule has 0 aliphatic heterocycles. The van der Waals surface area contributed by atoms with Gasteiger partial charge in [0.2, 0.25) is 0 Å². The second-order valence-corrected chi connectivity index (χ2v) is 14.6. The van der Waals surface area contributed by atoms with Crippen LogP contribution in [0.25, 0.3) is 0 Å². The fraction of sp³-hybridized carbons (Fsp3) is 0.194. The number of Topliss-reactive ketones (excluding diaryl/α,β-unsaturated/α-hetero) is 1. The highest BCUT2D eigenvalue weighted by molar-refractivity contribution is 7.98. The van der Waals surface area contributed by atoms with Crippen LogP contribution >= 0.6 is 27.0 Å². The van der Waals surface area contributed by atoms with Gasteiger partial charge in [-0.3, -0.25) is 13.9 Å². The van der Waals surface area contributed by atoms with Gasteiger partial charge in [0.1, 0.15) is 0 Å². The third kappa shape index (κ3) is 7.18. The standard InChI is InChI=1S/C31H28F4O7P2S/c1-45-27-17-15-24(16-18-27)29(28(36)23-5-3-2-4-6-23,19-21-7-11-25(12-8-21)30(32,33)43(37,38)39)20-22-9-13-26(14-10-22)31(34,35)44(40,41)42/h2-18H,19-20H2,1H3,(H2,37,38,39)(H2,40,41,42). The Morgan fingerprint density at radius 1 is 0.622 bits per heavy atom. The quantitative estimate of drug-likeness (QED) is 0.0524. The number of hydrogen-bond acceptors (Lipinski definition) is 4. The lowest BCUT2D eigenvalue weighted by Gasteiger charge is -2.34. The first-order chi connectivity index (χ1) is 20.9. The van der Waals surface area contributed by atoms with E-state index in [0.717, 1.165) is 29.2 Å². The van der Waals surface area contributed by atoms with Crippen LogP contribution in [-0.4, -0.2) is 31.6 Å². The van der Waals surface area contributed by atoms with Crippen LogP contribution in [0.3, 0.4) is 0 Å². The summed E-state index contributed by atoms with van der Waals surface area (Å²) in [4.78, 5) is 52.0. The third-order valence-corrected chi connectivity index (χ3v) is 10.2. The van der Waals surface area contributed by atoms with Crippen molar-refractivity contribution >= 4 is 32.7 Å². The van der Waals surface area contributed by atoms with Crippen LogP contribution in [0, 0.1) is 0 Å². The number of rotatable bonds is 12. The Morgan fingerprint density at radius 2 is 1.00 bits per heavy atom. The molecule has 0 saturated heterocycles. The summed E-state index contributed by atoms with van der Waals surface area (Å²) < 4.78 is 80.3. The number of alkyl halides is 4. The first-order valence-corrected chi connectivity index (χ1v) is 17.7. The highest BCUT2D eigenvalue weighted by Gasteiger charge is 2.51. The second kappa shape index (κ2) is 13.0. The Morgan fingerprint density at radius 3 is 1.36 bits per heavy atom. The van der Waals surface area contributed by atoms with Crippen molar-refractivity contribution in [3.63, 3.8) is 0 Å². The molecule has 0 aliphatic carbocycles. The van der Waals surface area contributed by atoms with E-state index < -0.39 is 43.1 Å². The maximum atomic E-state index is 14.5. The van der Waals surface area contributed by atoms with Gasteiger partial charge in [0, 0.05) is 21.6 Å². The second-order valence-electron chi connectivity index (χ2n) is 10.4. The Labute approximate surface area is 260 Å². The van der Waals surface area contributed by atoms with E-state index in [2.05, 4.69) is 0 Å². The van der Waals surface area contributed by atoms with Gasteiger partial charge in [-0.05, 0) is 47.9 Å². The Kier molecular flexibility index (Phi) is 10.0. The molecular formula is C31H28F4O7P2S. The summed E-state index contributed by atoms with van der Waals surface area (Å²) in [6.45, 7) is 0. The molecule has 0 amide bonds. The van der Waals surface area contributed by atoms with E-state index in [4.69, 9.17) is 19.6 Å². The van der Waals surface area contributed by atoms with Gasteiger partial charge in [-0.15, -0.1) is 11.8 Å². The van der Waals surface area contributed by atoms with Crippen molar-refractivity contribution in [2.75, 3.05) is 6.26 Å². The molecule has 238 valence electrons. The van der Waals surface area contributed by atoms with Gasteiger partial charge in [0.25, 0.3) is 0 Å². The van der Waals surface area contributed by atoms with E-state index in [1.807, 2.05) is 6.26 Å². The fourth-order valence-electron chi connectivity index (χ4n) is 5.01. The van der Waals surface area contributed by atoms with E-state index >= 15 is 0 Å². The van der Waals surface area contributed by atoms with Gasteiger partial charge >= 0.3 is 26.5 Å². The zero-order valence-electron chi connectivity index (χ0n) is 23.6. The van der Waals surface area contributed by atoms with Crippen LogP contribution < -0.4 is 0 Å². The summed E-state index contributed by atoms with van der Waals surface area (Å²) in [7, 11) is -11.6. The summed E-state index contributed by atoms with van der Waals surface area (Å²) in [5.41, 5.74) is -10.6. The van der Waals surface area contributed by atoms with Crippen molar-refractivity contribution in [3.05, 3.63) is 137 Å². The molecule has 7 nitrogen and oxygen atoms in total. The lowest BCUT2D eigenvalue weighted by Crippen LogP contribution is -2.40. The lowest BCUT2D eigenvalue weighted by atomic mass is 9.67. The number of carbonyl (C=O) groups is 1. The van der Waals surface area contributed by atoms with Crippen molar-refractivity contribution in [2.24, 2.45) is 0 Å². The van der Waals surface area contributed by atoms with Gasteiger partial charge in [-0.2, -0.15) is 17.6 Å². The van der Waals surface area contributed by atoms with Crippen LogP contribution in [0.4, 0.5) is 17.6 Å². The van der Waals surface area contributed by atoms with Crippen LogP contribution in [-0.2, 0) is 38.7 Å². The molecule has 0 aromatic heterocycles. The van der Waals surface area contributed by atoms with Gasteiger partial charge in [0.15, 0.2) is 5.78 Å². The van der Waals surface area contributed by atoms with Crippen molar-refractivity contribution in [1.29, 1.82) is 0 Å². The fourth-order valence-corrected chi connectivity index (χ4v) is 6.39. The zero-order chi connectivity index (χ0) is 33.3.